The zero-order valence-electron chi connectivity index (χ0n) is 13.0. The van der Waals surface area contributed by atoms with Crippen LogP contribution >= 0.6 is 0 Å². The number of carbonyl (C=O) groups excluding carboxylic acids is 3. The highest BCUT2D eigenvalue weighted by Gasteiger charge is 2.38. The maximum atomic E-state index is 12.7. The molecule has 2 aromatic rings. The number of rotatable bonds is 2. The number of anilines is 1. The summed E-state index contributed by atoms with van der Waals surface area (Å²) in [5.74, 6) is -1.73. The Hall–Kier alpha value is -3.35. The van der Waals surface area contributed by atoms with Gasteiger partial charge in [-0.05, 0) is 25.1 Å². The molecule has 1 aliphatic rings. The van der Waals surface area contributed by atoms with Crippen molar-refractivity contribution in [1.29, 1.82) is 0 Å². The third kappa shape index (κ3) is 2.36. The Morgan fingerprint density at radius 2 is 1.92 bits per heavy atom. The van der Waals surface area contributed by atoms with E-state index in [1.54, 1.807) is 0 Å². The standard InChI is InChI=1S/C17H13N3O4/c1-9(21)11-3-4-14-12(7-11)15(17(24)20(14)10(2)22)16(23)13-8-18-5-6-19-13/h3-8,23H,1-2H3/b16-15-. The highest BCUT2D eigenvalue weighted by atomic mass is 16.3. The highest BCUT2D eigenvalue weighted by molar-refractivity contribution is 6.42. The molecule has 1 aromatic heterocycles. The summed E-state index contributed by atoms with van der Waals surface area (Å²) >= 11 is 0. The zero-order chi connectivity index (χ0) is 17.4. The Kier molecular flexibility index (Phi) is 3.69. The fourth-order valence-electron chi connectivity index (χ4n) is 2.58. The van der Waals surface area contributed by atoms with Crippen LogP contribution in [0.1, 0.15) is 35.5 Å². The number of aliphatic hydroxyl groups is 1. The van der Waals surface area contributed by atoms with E-state index in [0.29, 0.717) is 16.8 Å². The molecule has 7 heteroatoms. The number of aromatic nitrogens is 2. The maximum absolute atomic E-state index is 12.7. The molecule has 0 atom stereocenters. The van der Waals surface area contributed by atoms with Crippen molar-refractivity contribution in [2.45, 2.75) is 13.8 Å². The number of fused-ring (bicyclic) bond motifs is 1. The molecule has 120 valence electrons. The average Bonchev–Trinajstić information content (AvgIpc) is 2.86. The second-order valence-corrected chi connectivity index (χ2v) is 5.26. The van der Waals surface area contributed by atoms with Gasteiger partial charge in [0.05, 0.1) is 17.5 Å². The molecule has 1 aromatic carbocycles. The lowest BCUT2D eigenvalue weighted by Crippen LogP contribution is -2.31. The lowest BCUT2D eigenvalue weighted by molar-refractivity contribution is -0.122. The number of carbonyl (C=O) groups is 3. The van der Waals surface area contributed by atoms with Crippen molar-refractivity contribution in [2.75, 3.05) is 4.90 Å². The third-order valence-corrected chi connectivity index (χ3v) is 3.69. The number of nitrogens with zero attached hydrogens (tertiary/aromatic N) is 3. The molecule has 0 spiro atoms. The van der Waals surface area contributed by atoms with E-state index < -0.39 is 11.8 Å². The normalized spacial score (nSPS) is 15.2. The molecule has 0 aliphatic carbocycles. The second kappa shape index (κ2) is 5.69. The van der Waals surface area contributed by atoms with Crippen LogP contribution in [0.2, 0.25) is 0 Å². The third-order valence-electron chi connectivity index (χ3n) is 3.69. The van der Waals surface area contributed by atoms with E-state index in [2.05, 4.69) is 9.97 Å². The number of hydrogen-bond donors (Lipinski definition) is 1. The van der Waals surface area contributed by atoms with Crippen molar-refractivity contribution in [3.63, 3.8) is 0 Å². The van der Waals surface area contributed by atoms with Gasteiger partial charge >= 0.3 is 0 Å². The smallest absolute Gasteiger partial charge is 0.269 e. The number of benzene rings is 1. The van der Waals surface area contributed by atoms with Crippen LogP contribution in [-0.2, 0) is 9.59 Å². The molecule has 0 radical (unpaired) electrons. The summed E-state index contributed by atoms with van der Waals surface area (Å²) in [6.07, 6.45) is 4.11. The number of imide groups is 1. The molecule has 1 aliphatic heterocycles. The largest absolute Gasteiger partial charge is 0.505 e. The predicted octanol–water partition coefficient (Wildman–Crippen LogP) is 2.00. The monoisotopic (exact) mass is 323 g/mol. The Labute approximate surface area is 137 Å². The average molecular weight is 323 g/mol. The first-order valence-electron chi connectivity index (χ1n) is 7.12. The second-order valence-electron chi connectivity index (χ2n) is 5.26. The first kappa shape index (κ1) is 15.5. The van der Waals surface area contributed by atoms with Gasteiger partial charge in [-0.25, -0.2) is 9.88 Å². The molecular weight excluding hydrogens is 310 g/mol. The van der Waals surface area contributed by atoms with Crippen LogP contribution in [-0.4, -0.2) is 32.7 Å². The van der Waals surface area contributed by atoms with Gasteiger partial charge in [0.25, 0.3) is 5.91 Å². The van der Waals surface area contributed by atoms with E-state index in [0.717, 1.165) is 4.90 Å². The Bertz CT molecular complexity index is 903. The summed E-state index contributed by atoms with van der Waals surface area (Å²) in [6, 6.07) is 4.54. The number of aliphatic hydroxyl groups excluding tert-OH is 1. The highest BCUT2D eigenvalue weighted by Crippen LogP contribution is 2.40. The van der Waals surface area contributed by atoms with Gasteiger partial charge in [0, 0.05) is 30.4 Å². The van der Waals surface area contributed by atoms with Crippen molar-refractivity contribution in [2.24, 2.45) is 0 Å². The summed E-state index contributed by atoms with van der Waals surface area (Å²) in [6.45, 7) is 2.65. The van der Waals surface area contributed by atoms with Gasteiger partial charge in [-0.3, -0.25) is 19.4 Å². The SMILES string of the molecule is CC(=O)c1ccc2c(c1)/C(=C(/O)c1cnccn1)C(=O)N2C(C)=O. The number of ketones is 1. The van der Waals surface area contributed by atoms with Gasteiger partial charge in [0.1, 0.15) is 5.69 Å². The Morgan fingerprint density at radius 1 is 1.17 bits per heavy atom. The van der Waals surface area contributed by atoms with E-state index in [1.807, 2.05) is 0 Å². The van der Waals surface area contributed by atoms with E-state index >= 15 is 0 Å². The number of Topliss-reactive ketones (excluding diaryl/α,β-unsaturated/α-hetero) is 1. The molecule has 0 bridgehead atoms. The van der Waals surface area contributed by atoms with E-state index in [-0.39, 0.29) is 22.8 Å². The van der Waals surface area contributed by atoms with Crippen molar-refractivity contribution in [3.05, 3.63) is 53.6 Å². The molecule has 0 fully saturated rings. The summed E-state index contributed by atoms with van der Waals surface area (Å²) in [5, 5.41) is 10.5. The number of hydrogen-bond acceptors (Lipinski definition) is 6. The van der Waals surface area contributed by atoms with Gasteiger partial charge in [0.15, 0.2) is 11.5 Å². The minimum atomic E-state index is -0.665. The molecule has 7 nitrogen and oxygen atoms in total. The Morgan fingerprint density at radius 3 is 2.50 bits per heavy atom. The molecule has 1 N–H and O–H groups in total. The molecular formula is C17H13N3O4. The van der Waals surface area contributed by atoms with Crippen LogP contribution in [0.4, 0.5) is 5.69 Å². The van der Waals surface area contributed by atoms with Crippen LogP contribution in [0.5, 0.6) is 0 Å². The molecule has 2 amide bonds. The van der Waals surface area contributed by atoms with Crippen molar-refractivity contribution in [3.8, 4) is 0 Å². The Balaban J connectivity index is 2.29. The minimum absolute atomic E-state index is 0.0798. The van der Waals surface area contributed by atoms with Crippen LogP contribution in [0.25, 0.3) is 11.3 Å². The van der Waals surface area contributed by atoms with Crippen LogP contribution in [0.3, 0.4) is 0 Å². The van der Waals surface area contributed by atoms with Gasteiger partial charge in [0.2, 0.25) is 5.91 Å². The van der Waals surface area contributed by atoms with E-state index in [4.69, 9.17) is 0 Å². The zero-order valence-corrected chi connectivity index (χ0v) is 13.0. The fourth-order valence-corrected chi connectivity index (χ4v) is 2.58. The quantitative estimate of drug-likeness (QED) is 0.515. The fraction of sp³-hybridized carbons (Fsp3) is 0.118. The summed E-state index contributed by atoms with van der Waals surface area (Å²) in [5.41, 5.74) is 1.03. The molecule has 0 saturated carbocycles. The molecule has 0 saturated heterocycles. The van der Waals surface area contributed by atoms with Crippen molar-refractivity contribution >= 4 is 34.6 Å². The van der Waals surface area contributed by atoms with Crippen LogP contribution < -0.4 is 4.90 Å². The topological polar surface area (TPSA) is 100 Å². The van der Waals surface area contributed by atoms with Crippen molar-refractivity contribution in [1.82, 2.24) is 9.97 Å². The summed E-state index contributed by atoms with van der Waals surface area (Å²) in [7, 11) is 0. The molecule has 2 heterocycles. The molecule has 0 unspecified atom stereocenters. The van der Waals surface area contributed by atoms with Crippen molar-refractivity contribution < 1.29 is 19.5 Å². The van der Waals surface area contributed by atoms with E-state index in [1.165, 1.54) is 50.6 Å². The lowest BCUT2D eigenvalue weighted by Gasteiger charge is -2.12. The first-order valence-corrected chi connectivity index (χ1v) is 7.12. The van der Waals surface area contributed by atoms with Gasteiger partial charge in [-0.15, -0.1) is 0 Å². The van der Waals surface area contributed by atoms with Crippen LogP contribution in [0, 0.1) is 0 Å². The maximum Gasteiger partial charge on any atom is 0.269 e. The van der Waals surface area contributed by atoms with E-state index in [9.17, 15) is 19.5 Å². The van der Waals surface area contributed by atoms with Gasteiger partial charge in [-0.1, -0.05) is 0 Å². The summed E-state index contributed by atoms with van der Waals surface area (Å²) < 4.78 is 0. The summed E-state index contributed by atoms with van der Waals surface area (Å²) in [4.78, 5) is 44.9. The predicted molar refractivity (Wildman–Crippen MR) is 86.1 cm³/mol. The molecule has 3 rings (SSSR count). The van der Waals surface area contributed by atoms with Crippen LogP contribution in [0.15, 0.2) is 36.8 Å². The number of amides is 2. The minimum Gasteiger partial charge on any atom is -0.505 e. The lowest BCUT2D eigenvalue weighted by atomic mass is 10.0. The molecule has 24 heavy (non-hydrogen) atoms. The van der Waals surface area contributed by atoms with Gasteiger partial charge < -0.3 is 5.11 Å². The van der Waals surface area contributed by atoms with Gasteiger partial charge in [-0.2, -0.15) is 0 Å². The first-order chi connectivity index (χ1) is 11.4.